The van der Waals surface area contributed by atoms with Crippen molar-refractivity contribution in [3.05, 3.63) is 154 Å². The van der Waals surface area contributed by atoms with Crippen LogP contribution in [0.3, 0.4) is 0 Å². The largest absolute Gasteiger partial charge is 0.243 e. The summed E-state index contributed by atoms with van der Waals surface area (Å²) in [5, 5.41) is 0. The zero-order valence-electron chi connectivity index (χ0n) is 41.1. The molecule has 344 valence electrons. The van der Waals surface area contributed by atoms with Gasteiger partial charge in [0.05, 0.1) is 22.4 Å². The van der Waals surface area contributed by atoms with Crippen LogP contribution in [0.2, 0.25) is 0 Å². The van der Waals surface area contributed by atoms with E-state index in [1.54, 1.807) is 11.1 Å². The number of hydrogen-bond acceptors (Lipinski definition) is 4. The first-order valence-corrected chi connectivity index (χ1v) is 27.4. The zero-order valence-corrected chi connectivity index (χ0v) is 42.7. The lowest BCUT2D eigenvalue weighted by Gasteiger charge is -2.33. The van der Waals surface area contributed by atoms with Gasteiger partial charge in [0.2, 0.25) is 0 Å². The van der Waals surface area contributed by atoms with Gasteiger partial charge in [-0.2, -0.15) is 0 Å². The molecule has 8 aromatic rings. The summed E-state index contributed by atoms with van der Waals surface area (Å²) in [5.41, 5.74) is 20.1. The molecule has 0 N–H and O–H groups in total. The molecule has 0 radical (unpaired) electrons. The Bertz CT molecular complexity index is 2920. The minimum atomic E-state index is 0.0420. The average Bonchev–Trinajstić information content (AvgIpc) is 4.04. The zero-order chi connectivity index (χ0) is 46.3. The van der Waals surface area contributed by atoms with E-state index in [1.807, 2.05) is 22.7 Å². The molecule has 0 amide bonds. The summed E-state index contributed by atoms with van der Waals surface area (Å²) in [4.78, 5) is 16.9. The summed E-state index contributed by atoms with van der Waals surface area (Å²) >= 11 is 3.87. The lowest BCUT2D eigenvalue weighted by atomic mass is 9.70. The fourth-order valence-corrected chi connectivity index (χ4v) is 13.2. The summed E-state index contributed by atoms with van der Waals surface area (Å²) in [7, 11) is 0. The van der Waals surface area contributed by atoms with E-state index in [0.717, 1.165) is 59.2 Å². The third-order valence-electron chi connectivity index (χ3n) is 14.6. The van der Waals surface area contributed by atoms with Gasteiger partial charge in [-0.05, 0) is 110 Å². The maximum Gasteiger partial charge on any atom is 0.0988 e. The van der Waals surface area contributed by atoms with Gasteiger partial charge in [-0.1, -0.05) is 201 Å². The van der Waals surface area contributed by atoms with Gasteiger partial charge in [0.1, 0.15) is 0 Å². The lowest BCUT2D eigenvalue weighted by Crippen LogP contribution is -2.25. The second-order valence-electron chi connectivity index (χ2n) is 19.4. The third-order valence-corrected chi connectivity index (χ3v) is 17.0. The summed E-state index contributed by atoms with van der Waals surface area (Å²) in [6, 6.07) is 46.0. The SMILES string of the molecule is CCCCCCC1(CCCCCC)c2cc(C)ccc2-c2ccc(-c3sc(-c4ccc(-c5cc(CCCC)c(C)s5)c5nc(-c6ccccc6)c(-c6ccccc6)nc45)cc3CCCC)cc21. The molecule has 0 bridgehead atoms. The minimum absolute atomic E-state index is 0.0420. The maximum atomic E-state index is 5.77. The van der Waals surface area contributed by atoms with Gasteiger partial charge in [-0.15, -0.1) is 22.7 Å². The predicted octanol–water partition coefficient (Wildman–Crippen LogP) is 19.6. The smallest absolute Gasteiger partial charge is 0.0988 e. The van der Waals surface area contributed by atoms with E-state index in [-0.39, 0.29) is 5.41 Å². The normalized spacial score (nSPS) is 12.8. The molecule has 0 atom stereocenters. The molecule has 0 spiro atoms. The predicted molar refractivity (Wildman–Crippen MR) is 293 cm³/mol. The van der Waals surface area contributed by atoms with Gasteiger partial charge in [-0.25, -0.2) is 9.97 Å². The highest BCUT2D eigenvalue weighted by molar-refractivity contribution is 7.19. The van der Waals surface area contributed by atoms with Gasteiger partial charge < -0.3 is 0 Å². The first kappa shape index (κ1) is 46.9. The molecule has 2 nitrogen and oxygen atoms in total. The van der Waals surface area contributed by atoms with Crippen molar-refractivity contribution < 1.29 is 0 Å². The van der Waals surface area contributed by atoms with Gasteiger partial charge in [0.15, 0.2) is 0 Å². The highest BCUT2D eigenvalue weighted by atomic mass is 32.1. The summed E-state index contributed by atoms with van der Waals surface area (Å²) < 4.78 is 0. The summed E-state index contributed by atoms with van der Waals surface area (Å²) in [5.74, 6) is 0. The van der Waals surface area contributed by atoms with Crippen molar-refractivity contribution in [2.75, 3.05) is 0 Å². The fourth-order valence-electron chi connectivity index (χ4n) is 10.9. The highest BCUT2D eigenvalue weighted by Crippen LogP contribution is 2.56. The molecule has 1 aliphatic carbocycles. The molecule has 4 heteroatoms. The Kier molecular flexibility index (Phi) is 15.0. The van der Waals surface area contributed by atoms with E-state index in [4.69, 9.17) is 9.97 Å². The Balaban J connectivity index is 1.24. The number of aromatic nitrogens is 2. The van der Waals surface area contributed by atoms with E-state index in [9.17, 15) is 0 Å². The Morgan fingerprint density at radius 1 is 0.433 bits per heavy atom. The summed E-state index contributed by atoms with van der Waals surface area (Å²) in [6.07, 6.45) is 19.6. The molecule has 9 rings (SSSR count). The maximum absolute atomic E-state index is 5.77. The van der Waals surface area contributed by atoms with Crippen LogP contribution >= 0.6 is 22.7 Å². The van der Waals surface area contributed by atoms with E-state index >= 15 is 0 Å². The lowest BCUT2D eigenvalue weighted by molar-refractivity contribution is 0.401. The summed E-state index contributed by atoms with van der Waals surface area (Å²) in [6.45, 7) is 13.9. The van der Waals surface area contributed by atoms with Crippen LogP contribution in [-0.2, 0) is 18.3 Å². The molecule has 3 aromatic heterocycles. The van der Waals surface area contributed by atoms with E-state index in [0.29, 0.717) is 0 Å². The minimum Gasteiger partial charge on any atom is -0.243 e. The molecule has 0 unspecified atom stereocenters. The second kappa shape index (κ2) is 21.4. The van der Waals surface area contributed by atoms with Gasteiger partial charge in [-0.3, -0.25) is 0 Å². The van der Waals surface area contributed by atoms with Crippen molar-refractivity contribution in [2.24, 2.45) is 0 Å². The molecule has 3 heterocycles. The Morgan fingerprint density at radius 2 is 0.925 bits per heavy atom. The van der Waals surface area contributed by atoms with Crippen molar-refractivity contribution in [3.8, 4) is 65.0 Å². The number of thiophene rings is 2. The van der Waals surface area contributed by atoms with Crippen molar-refractivity contribution in [1.82, 2.24) is 9.97 Å². The Morgan fingerprint density at radius 3 is 1.49 bits per heavy atom. The number of rotatable bonds is 21. The van der Waals surface area contributed by atoms with Crippen LogP contribution in [0, 0.1) is 13.8 Å². The molecular weight excluding hydrogens is 849 g/mol. The molecule has 5 aromatic carbocycles. The van der Waals surface area contributed by atoms with Crippen LogP contribution in [-0.4, -0.2) is 9.97 Å². The van der Waals surface area contributed by atoms with E-state index < -0.39 is 0 Å². The highest BCUT2D eigenvalue weighted by Gasteiger charge is 2.42. The van der Waals surface area contributed by atoms with Crippen molar-refractivity contribution >= 4 is 33.7 Å². The van der Waals surface area contributed by atoms with Crippen LogP contribution in [0.5, 0.6) is 0 Å². The standard InChI is InChI=1S/C63H70N2S2/c1-7-11-15-23-37-63(38-24-16-12-8-2)54-39-43(5)31-33-50(54)51-34-32-49(40-55(51)63)62-48(26-14-10-4)42-57(67-62)53-36-35-52(56-41-47(25-13-9-3)44(6)66-56)60-61(53)65-59(46-29-21-18-22-30-46)58(64-60)45-27-19-17-20-28-45/h17-22,27-36,39-42H,7-16,23-26,37-38H2,1-6H3. The van der Waals surface area contributed by atoms with Crippen LogP contribution in [0.15, 0.2) is 121 Å². The van der Waals surface area contributed by atoms with Gasteiger partial charge in [0.25, 0.3) is 0 Å². The Hall–Kier alpha value is -5.16. The van der Waals surface area contributed by atoms with Crippen molar-refractivity contribution in [2.45, 2.75) is 150 Å². The number of fused-ring (bicyclic) bond motifs is 4. The molecule has 0 aliphatic heterocycles. The van der Waals surface area contributed by atoms with E-state index in [2.05, 4.69) is 163 Å². The monoisotopic (exact) mass is 918 g/mol. The first-order valence-electron chi connectivity index (χ1n) is 25.8. The van der Waals surface area contributed by atoms with Crippen LogP contribution in [0.25, 0.3) is 76.0 Å². The number of hydrogen-bond donors (Lipinski definition) is 0. The number of benzene rings is 5. The average molecular weight is 919 g/mol. The number of aryl methyl sites for hydroxylation is 4. The van der Waals surface area contributed by atoms with Crippen LogP contribution < -0.4 is 0 Å². The molecule has 0 fully saturated rings. The molecule has 0 saturated heterocycles. The van der Waals surface area contributed by atoms with Gasteiger partial charge >= 0.3 is 0 Å². The molecular formula is C63H70N2S2. The van der Waals surface area contributed by atoms with E-state index in [1.165, 1.54) is 141 Å². The molecule has 0 saturated carbocycles. The fraction of sp³-hybridized carbons (Fsp3) is 0.365. The van der Waals surface area contributed by atoms with Crippen molar-refractivity contribution in [3.63, 3.8) is 0 Å². The van der Waals surface area contributed by atoms with Crippen LogP contribution in [0.4, 0.5) is 0 Å². The number of unbranched alkanes of at least 4 members (excludes halogenated alkanes) is 8. The first-order chi connectivity index (χ1) is 32.9. The molecule has 1 aliphatic rings. The quantitative estimate of drug-likeness (QED) is 0.0671. The topological polar surface area (TPSA) is 25.8 Å². The van der Waals surface area contributed by atoms with Crippen molar-refractivity contribution in [1.29, 1.82) is 0 Å². The molecule has 67 heavy (non-hydrogen) atoms. The number of nitrogens with zero attached hydrogens (tertiary/aromatic N) is 2. The second-order valence-corrected chi connectivity index (χ2v) is 21.7. The van der Waals surface area contributed by atoms with Crippen LogP contribution in [0.1, 0.15) is 150 Å². The third kappa shape index (κ3) is 9.64. The Labute approximate surface area is 410 Å². The van der Waals surface area contributed by atoms with Gasteiger partial charge in [0, 0.05) is 47.2 Å².